The first-order valence-electron chi connectivity index (χ1n) is 7.98. The van der Waals surface area contributed by atoms with Gasteiger partial charge in [0.05, 0.1) is 11.8 Å². The smallest absolute Gasteiger partial charge is 0.272 e. The zero-order valence-electron chi connectivity index (χ0n) is 13.6. The Balaban J connectivity index is 1.69. The highest BCUT2D eigenvalue weighted by Gasteiger charge is 2.18. The number of benzene rings is 2. The molecule has 2 heterocycles. The topological polar surface area (TPSA) is 47.2 Å². The third-order valence-electron chi connectivity index (χ3n) is 4.09. The second-order valence-corrected chi connectivity index (χ2v) is 6.79. The molecule has 0 aliphatic heterocycles. The Labute approximate surface area is 157 Å². The molecule has 6 heteroatoms. The molecule has 1 amide bonds. The Morgan fingerprint density at radius 1 is 1.12 bits per heavy atom. The van der Waals surface area contributed by atoms with Crippen LogP contribution >= 0.6 is 15.9 Å². The minimum atomic E-state index is -0.307. The van der Waals surface area contributed by atoms with Crippen molar-refractivity contribution in [3.8, 4) is 0 Å². The first kappa shape index (κ1) is 16.6. The third-order valence-corrected chi connectivity index (χ3v) is 4.62. The molecule has 0 unspecified atom stereocenters. The molecule has 130 valence electrons. The van der Waals surface area contributed by atoms with Crippen LogP contribution in [-0.4, -0.2) is 10.5 Å². The number of nitrogens with one attached hydrogen (secondary N) is 1. The number of carbonyl (C=O) groups excluding carboxylic acids is 1. The molecule has 0 radical (unpaired) electrons. The van der Waals surface area contributed by atoms with Crippen molar-refractivity contribution in [1.82, 2.24) is 4.57 Å². The molecule has 0 spiro atoms. The summed E-state index contributed by atoms with van der Waals surface area (Å²) in [5.74, 6) is -0.561. The highest BCUT2D eigenvalue weighted by molar-refractivity contribution is 9.10. The van der Waals surface area contributed by atoms with Gasteiger partial charge in [0.25, 0.3) is 5.91 Å². The van der Waals surface area contributed by atoms with Gasteiger partial charge < -0.3 is 14.3 Å². The minimum Gasteiger partial charge on any atom is -0.463 e. The number of fused-ring (bicyclic) bond motifs is 1. The molecule has 0 aliphatic rings. The average molecular weight is 413 g/mol. The van der Waals surface area contributed by atoms with Gasteiger partial charge >= 0.3 is 0 Å². The Kier molecular flexibility index (Phi) is 4.34. The minimum absolute atomic E-state index is 0.255. The molecule has 26 heavy (non-hydrogen) atoms. The molecule has 0 bridgehead atoms. The second-order valence-electron chi connectivity index (χ2n) is 5.88. The summed E-state index contributed by atoms with van der Waals surface area (Å²) in [5, 5.41) is 2.88. The van der Waals surface area contributed by atoms with Crippen molar-refractivity contribution in [1.29, 1.82) is 0 Å². The predicted octanol–water partition coefficient (Wildman–Crippen LogP) is 5.44. The van der Waals surface area contributed by atoms with Crippen molar-refractivity contribution in [2.45, 2.75) is 6.54 Å². The fourth-order valence-electron chi connectivity index (χ4n) is 2.88. The number of amides is 1. The summed E-state index contributed by atoms with van der Waals surface area (Å²) in [5.41, 5.74) is 3.30. The van der Waals surface area contributed by atoms with Crippen LogP contribution in [0.15, 0.2) is 75.8 Å². The fraction of sp³-hybridized carbons (Fsp3) is 0.0500. The van der Waals surface area contributed by atoms with E-state index in [1.54, 1.807) is 24.5 Å². The Bertz CT molecular complexity index is 1080. The summed E-state index contributed by atoms with van der Waals surface area (Å²) in [6.07, 6.45) is 1.57. The normalized spacial score (nSPS) is 11.0. The van der Waals surface area contributed by atoms with Crippen molar-refractivity contribution in [3.63, 3.8) is 0 Å². The summed E-state index contributed by atoms with van der Waals surface area (Å²) in [6, 6.07) is 17.2. The van der Waals surface area contributed by atoms with Gasteiger partial charge in [-0.15, -0.1) is 0 Å². The van der Waals surface area contributed by atoms with Crippen LogP contribution in [0.5, 0.6) is 0 Å². The van der Waals surface area contributed by atoms with Crippen LogP contribution in [0.4, 0.5) is 10.1 Å². The van der Waals surface area contributed by atoms with Crippen LogP contribution in [0, 0.1) is 5.82 Å². The zero-order chi connectivity index (χ0) is 18.1. The molecule has 4 aromatic rings. The van der Waals surface area contributed by atoms with E-state index in [4.69, 9.17) is 4.42 Å². The number of halogens is 2. The largest absolute Gasteiger partial charge is 0.463 e. The molecule has 2 aromatic heterocycles. The molecule has 4 rings (SSSR count). The SMILES string of the molecule is O=C(Nc1ccc(Br)cc1)c1cc2occc2n1Cc1cccc(F)c1. The van der Waals surface area contributed by atoms with Gasteiger partial charge in [-0.3, -0.25) is 4.79 Å². The molecule has 0 fully saturated rings. The van der Waals surface area contributed by atoms with E-state index in [0.717, 1.165) is 15.6 Å². The average Bonchev–Trinajstić information content (AvgIpc) is 3.20. The van der Waals surface area contributed by atoms with E-state index in [0.29, 0.717) is 23.5 Å². The van der Waals surface area contributed by atoms with Crippen LogP contribution in [-0.2, 0) is 6.54 Å². The maximum atomic E-state index is 13.5. The van der Waals surface area contributed by atoms with Crippen LogP contribution in [0.25, 0.3) is 11.1 Å². The highest BCUT2D eigenvalue weighted by atomic mass is 79.9. The number of anilines is 1. The number of aromatic nitrogens is 1. The fourth-order valence-corrected chi connectivity index (χ4v) is 3.15. The van der Waals surface area contributed by atoms with E-state index in [9.17, 15) is 9.18 Å². The van der Waals surface area contributed by atoms with Crippen LogP contribution in [0.2, 0.25) is 0 Å². The summed E-state index contributed by atoms with van der Waals surface area (Å²) < 4.78 is 21.7. The maximum Gasteiger partial charge on any atom is 0.272 e. The quantitative estimate of drug-likeness (QED) is 0.485. The van der Waals surface area contributed by atoms with Gasteiger partial charge in [-0.1, -0.05) is 28.1 Å². The number of nitrogens with zero attached hydrogens (tertiary/aromatic N) is 1. The number of rotatable bonds is 4. The van der Waals surface area contributed by atoms with Crippen LogP contribution in [0.1, 0.15) is 16.1 Å². The summed E-state index contributed by atoms with van der Waals surface area (Å²) in [4.78, 5) is 12.8. The van der Waals surface area contributed by atoms with Crippen molar-refractivity contribution < 1.29 is 13.6 Å². The van der Waals surface area contributed by atoms with E-state index in [-0.39, 0.29) is 11.7 Å². The molecule has 4 nitrogen and oxygen atoms in total. The number of hydrogen-bond donors (Lipinski definition) is 1. The number of carbonyl (C=O) groups is 1. The lowest BCUT2D eigenvalue weighted by Gasteiger charge is -2.11. The van der Waals surface area contributed by atoms with E-state index in [1.807, 2.05) is 34.9 Å². The molecular weight excluding hydrogens is 399 g/mol. The first-order chi connectivity index (χ1) is 12.6. The highest BCUT2D eigenvalue weighted by Crippen LogP contribution is 2.24. The van der Waals surface area contributed by atoms with Gasteiger partial charge in [-0.05, 0) is 42.0 Å². The van der Waals surface area contributed by atoms with Gasteiger partial charge in [0.2, 0.25) is 0 Å². The van der Waals surface area contributed by atoms with Gasteiger partial charge in [0.1, 0.15) is 11.5 Å². The molecule has 0 atom stereocenters. The van der Waals surface area contributed by atoms with E-state index >= 15 is 0 Å². The predicted molar refractivity (Wildman–Crippen MR) is 102 cm³/mol. The Hall–Kier alpha value is -2.86. The van der Waals surface area contributed by atoms with Gasteiger partial charge in [-0.2, -0.15) is 0 Å². The molecule has 0 saturated heterocycles. The molecule has 0 aliphatic carbocycles. The van der Waals surface area contributed by atoms with Crippen molar-refractivity contribution >= 4 is 38.6 Å². The summed E-state index contributed by atoms with van der Waals surface area (Å²) in [6.45, 7) is 0.365. The maximum absolute atomic E-state index is 13.5. The van der Waals surface area contributed by atoms with E-state index in [2.05, 4.69) is 21.2 Å². The van der Waals surface area contributed by atoms with E-state index < -0.39 is 0 Å². The Morgan fingerprint density at radius 3 is 2.69 bits per heavy atom. The summed E-state index contributed by atoms with van der Waals surface area (Å²) >= 11 is 3.37. The second kappa shape index (κ2) is 6.80. The van der Waals surface area contributed by atoms with Crippen molar-refractivity contribution in [3.05, 3.63) is 88.5 Å². The zero-order valence-corrected chi connectivity index (χ0v) is 15.2. The van der Waals surface area contributed by atoms with Crippen LogP contribution < -0.4 is 5.32 Å². The third kappa shape index (κ3) is 3.28. The summed E-state index contributed by atoms with van der Waals surface area (Å²) in [7, 11) is 0. The van der Waals surface area contributed by atoms with Crippen molar-refractivity contribution in [2.24, 2.45) is 0 Å². The monoisotopic (exact) mass is 412 g/mol. The lowest BCUT2D eigenvalue weighted by atomic mass is 10.2. The first-order valence-corrected chi connectivity index (χ1v) is 8.77. The van der Waals surface area contributed by atoms with Gasteiger partial charge in [0.15, 0.2) is 5.58 Å². The van der Waals surface area contributed by atoms with Crippen LogP contribution in [0.3, 0.4) is 0 Å². The van der Waals surface area contributed by atoms with Gasteiger partial charge in [0, 0.05) is 28.8 Å². The Morgan fingerprint density at radius 2 is 1.92 bits per heavy atom. The van der Waals surface area contributed by atoms with Gasteiger partial charge in [-0.25, -0.2) is 4.39 Å². The lowest BCUT2D eigenvalue weighted by molar-refractivity contribution is 0.101. The van der Waals surface area contributed by atoms with E-state index in [1.165, 1.54) is 12.1 Å². The number of furan rings is 1. The van der Waals surface area contributed by atoms with Crippen molar-refractivity contribution in [2.75, 3.05) is 5.32 Å². The lowest BCUT2D eigenvalue weighted by Crippen LogP contribution is -2.17. The standard InChI is InChI=1S/C20H14BrFN2O2/c21-14-4-6-16(7-5-14)23-20(25)18-11-19-17(8-9-26-19)24(18)12-13-2-1-3-15(22)10-13/h1-11H,12H2,(H,23,25). The molecular formula is C20H14BrFN2O2. The molecule has 2 aromatic carbocycles. The molecule has 1 N–H and O–H groups in total. The molecule has 0 saturated carbocycles. The number of hydrogen-bond acceptors (Lipinski definition) is 2.